The van der Waals surface area contributed by atoms with E-state index < -0.39 is 0 Å². The molecule has 5 nitrogen and oxygen atoms in total. The third-order valence-electron chi connectivity index (χ3n) is 4.21. The Hall–Kier alpha value is -1.98. The van der Waals surface area contributed by atoms with Crippen LogP contribution in [-0.2, 0) is 4.74 Å². The number of nitrogens with zero attached hydrogens (tertiary/aromatic N) is 3. The number of benzene rings is 1. The Bertz CT molecular complexity index is 601. The van der Waals surface area contributed by atoms with Crippen molar-refractivity contribution in [3.8, 4) is 11.3 Å². The normalized spacial score (nSPS) is 24.9. The Balaban J connectivity index is 1.59. The third-order valence-corrected chi connectivity index (χ3v) is 4.21. The molecule has 0 aliphatic carbocycles. The number of nitrogens with one attached hydrogen (secondary N) is 1. The number of fused-ring (bicyclic) bond motifs is 1. The predicted molar refractivity (Wildman–Crippen MR) is 81.2 cm³/mol. The van der Waals surface area contributed by atoms with Crippen LogP contribution in [0.3, 0.4) is 0 Å². The summed E-state index contributed by atoms with van der Waals surface area (Å²) in [5.74, 6) is 0.941. The quantitative estimate of drug-likeness (QED) is 0.900. The van der Waals surface area contributed by atoms with Crippen LogP contribution in [0.15, 0.2) is 42.5 Å². The molecule has 0 bridgehead atoms. The van der Waals surface area contributed by atoms with Crippen LogP contribution in [0, 0.1) is 0 Å². The molecule has 0 saturated carbocycles. The molecule has 108 valence electrons. The van der Waals surface area contributed by atoms with Crippen LogP contribution in [0.25, 0.3) is 11.3 Å². The van der Waals surface area contributed by atoms with Gasteiger partial charge in [-0.25, -0.2) is 0 Å². The lowest BCUT2D eigenvalue weighted by Gasteiger charge is -2.37. The Morgan fingerprint density at radius 1 is 1.05 bits per heavy atom. The van der Waals surface area contributed by atoms with E-state index >= 15 is 0 Å². The lowest BCUT2D eigenvalue weighted by atomic mass is 10.1. The lowest BCUT2D eigenvalue weighted by molar-refractivity contribution is 0.0346. The molecule has 4 rings (SSSR count). The fourth-order valence-corrected chi connectivity index (χ4v) is 3.12. The minimum absolute atomic E-state index is 0.273. The van der Waals surface area contributed by atoms with E-state index in [9.17, 15) is 0 Å². The van der Waals surface area contributed by atoms with Gasteiger partial charge in [0.05, 0.1) is 24.4 Å². The molecule has 2 unspecified atom stereocenters. The minimum Gasteiger partial charge on any atom is -0.373 e. The summed E-state index contributed by atoms with van der Waals surface area (Å²) in [5.41, 5.74) is 2.01. The Morgan fingerprint density at radius 3 is 2.76 bits per heavy atom. The second kappa shape index (κ2) is 5.42. The second-order valence-corrected chi connectivity index (χ2v) is 5.47. The SMILES string of the molecule is c1ccc(-c2ccc(N3CCOC4CNCC43)nn2)cc1. The van der Waals surface area contributed by atoms with Crippen molar-refractivity contribution in [3.05, 3.63) is 42.5 Å². The molecule has 2 saturated heterocycles. The third kappa shape index (κ3) is 2.39. The van der Waals surface area contributed by atoms with Crippen molar-refractivity contribution >= 4 is 5.82 Å². The fraction of sp³-hybridized carbons (Fsp3) is 0.375. The van der Waals surface area contributed by atoms with E-state index in [0.717, 1.165) is 43.3 Å². The van der Waals surface area contributed by atoms with Crippen molar-refractivity contribution in [1.29, 1.82) is 0 Å². The van der Waals surface area contributed by atoms with E-state index in [1.165, 1.54) is 0 Å². The van der Waals surface area contributed by atoms with Gasteiger partial charge in [0.2, 0.25) is 0 Å². The van der Waals surface area contributed by atoms with E-state index in [2.05, 4.69) is 38.6 Å². The molecule has 0 radical (unpaired) electrons. The van der Waals surface area contributed by atoms with Gasteiger partial charge in [-0.15, -0.1) is 10.2 Å². The molecular formula is C16H18N4O. The number of hydrogen-bond acceptors (Lipinski definition) is 5. The highest BCUT2D eigenvalue weighted by Crippen LogP contribution is 2.24. The number of aromatic nitrogens is 2. The van der Waals surface area contributed by atoms with Crippen LogP contribution >= 0.6 is 0 Å². The van der Waals surface area contributed by atoms with Gasteiger partial charge in [0, 0.05) is 25.2 Å². The Morgan fingerprint density at radius 2 is 1.95 bits per heavy atom. The molecule has 21 heavy (non-hydrogen) atoms. The van der Waals surface area contributed by atoms with Crippen LogP contribution < -0.4 is 10.2 Å². The monoisotopic (exact) mass is 282 g/mol. The molecule has 2 aromatic rings. The van der Waals surface area contributed by atoms with Gasteiger partial charge < -0.3 is 15.0 Å². The number of morpholine rings is 1. The highest BCUT2D eigenvalue weighted by atomic mass is 16.5. The topological polar surface area (TPSA) is 50.3 Å². The number of hydrogen-bond donors (Lipinski definition) is 1. The molecule has 2 aliphatic rings. The zero-order valence-electron chi connectivity index (χ0n) is 11.8. The first-order valence-corrected chi connectivity index (χ1v) is 7.40. The molecule has 2 atom stereocenters. The number of anilines is 1. The fourth-order valence-electron chi connectivity index (χ4n) is 3.12. The molecule has 2 aliphatic heterocycles. The van der Waals surface area contributed by atoms with Gasteiger partial charge in [-0.1, -0.05) is 30.3 Å². The van der Waals surface area contributed by atoms with Crippen molar-refractivity contribution < 1.29 is 4.74 Å². The van der Waals surface area contributed by atoms with Gasteiger partial charge in [0.25, 0.3) is 0 Å². The number of ether oxygens (including phenoxy) is 1. The smallest absolute Gasteiger partial charge is 0.151 e. The van der Waals surface area contributed by atoms with Crippen molar-refractivity contribution in [3.63, 3.8) is 0 Å². The molecule has 5 heteroatoms. The standard InChI is InChI=1S/C16H18N4O/c1-2-4-12(5-3-1)13-6-7-16(19-18-13)20-8-9-21-15-11-17-10-14(15)20/h1-7,14-15,17H,8-11H2. The summed E-state index contributed by atoms with van der Waals surface area (Å²) in [6.45, 7) is 3.51. The van der Waals surface area contributed by atoms with E-state index in [1.807, 2.05) is 24.3 Å². The molecule has 1 N–H and O–H groups in total. The summed E-state index contributed by atoms with van der Waals surface area (Å²) in [6, 6.07) is 14.6. The van der Waals surface area contributed by atoms with Crippen molar-refractivity contribution in [2.45, 2.75) is 12.1 Å². The van der Waals surface area contributed by atoms with Gasteiger partial charge in [-0.2, -0.15) is 0 Å². The molecule has 1 aromatic carbocycles. The van der Waals surface area contributed by atoms with Crippen LogP contribution in [0.4, 0.5) is 5.82 Å². The van der Waals surface area contributed by atoms with Crippen molar-refractivity contribution in [2.24, 2.45) is 0 Å². The van der Waals surface area contributed by atoms with Gasteiger partial charge in [-0.3, -0.25) is 0 Å². The van der Waals surface area contributed by atoms with E-state index in [1.54, 1.807) is 0 Å². The van der Waals surface area contributed by atoms with Gasteiger partial charge in [0.15, 0.2) is 5.82 Å². The summed E-state index contributed by atoms with van der Waals surface area (Å²) in [5, 5.41) is 12.2. The molecule has 3 heterocycles. The zero-order valence-corrected chi connectivity index (χ0v) is 11.8. The van der Waals surface area contributed by atoms with Crippen LogP contribution in [-0.4, -0.2) is 48.6 Å². The molecule has 1 aromatic heterocycles. The van der Waals surface area contributed by atoms with E-state index in [-0.39, 0.29) is 6.10 Å². The molecule has 0 spiro atoms. The summed E-state index contributed by atoms with van der Waals surface area (Å²) in [4.78, 5) is 2.32. The van der Waals surface area contributed by atoms with Crippen molar-refractivity contribution in [1.82, 2.24) is 15.5 Å². The maximum Gasteiger partial charge on any atom is 0.151 e. The van der Waals surface area contributed by atoms with Crippen LogP contribution in [0.5, 0.6) is 0 Å². The highest BCUT2D eigenvalue weighted by Gasteiger charge is 2.36. The first-order valence-electron chi connectivity index (χ1n) is 7.40. The molecular weight excluding hydrogens is 264 g/mol. The highest BCUT2D eigenvalue weighted by molar-refractivity contribution is 5.59. The molecule has 0 amide bonds. The van der Waals surface area contributed by atoms with Gasteiger partial charge in [-0.05, 0) is 12.1 Å². The summed E-state index contributed by atoms with van der Waals surface area (Å²) in [7, 11) is 0. The number of rotatable bonds is 2. The van der Waals surface area contributed by atoms with Crippen molar-refractivity contribution in [2.75, 3.05) is 31.1 Å². The maximum absolute atomic E-state index is 5.79. The van der Waals surface area contributed by atoms with Crippen LogP contribution in [0.2, 0.25) is 0 Å². The Kier molecular flexibility index (Phi) is 3.29. The predicted octanol–water partition coefficient (Wildman–Crippen LogP) is 1.32. The second-order valence-electron chi connectivity index (χ2n) is 5.47. The zero-order chi connectivity index (χ0) is 14.1. The summed E-state index contributed by atoms with van der Waals surface area (Å²) in [6.07, 6.45) is 0.273. The Labute approximate surface area is 123 Å². The largest absolute Gasteiger partial charge is 0.373 e. The summed E-state index contributed by atoms with van der Waals surface area (Å²) >= 11 is 0. The average molecular weight is 282 g/mol. The molecule has 2 fully saturated rings. The van der Waals surface area contributed by atoms with Gasteiger partial charge in [0.1, 0.15) is 0 Å². The first-order chi connectivity index (χ1) is 10.4. The van der Waals surface area contributed by atoms with E-state index in [0.29, 0.717) is 6.04 Å². The van der Waals surface area contributed by atoms with Gasteiger partial charge >= 0.3 is 0 Å². The van der Waals surface area contributed by atoms with Crippen LogP contribution in [0.1, 0.15) is 0 Å². The minimum atomic E-state index is 0.273. The lowest BCUT2D eigenvalue weighted by Crippen LogP contribution is -2.51. The first kappa shape index (κ1) is 12.7. The summed E-state index contributed by atoms with van der Waals surface area (Å²) < 4.78 is 5.79. The maximum atomic E-state index is 5.79. The van der Waals surface area contributed by atoms with E-state index in [4.69, 9.17) is 4.74 Å². The average Bonchev–Trinajstić information content (AvgIpc) is 3.04.